The first-order valence-corrected chi connectivity index (χ1v) is 4.86. The molecule has 0 spiro atoms. The van der Waals surface area contributed by atoms with E-state index in [0.29, 0.717) is 6.42 Å². The average molecular weight is 167 g/mol. The van der Waals surface area contributed by atoms with Gasteiger partial charge in [-0.1, -0.05) is 19.8 Å². The van der Waals surface area contributed by atoms with Gasteiger partial charge in [0.25, 0.3) is 0 Å². The molecule has 68 valence electrons. The first-order chi connectivity index (χ1) is 5.73. The Morgan fingerprint density at radius 1 is 1.67 bits per heavy atom. The van der Waals surface area contributed by atoms with Crippen molar-refractivity contribution in [1.82, 2.24) is 0 Å². The highest BCUT2D eigenvalue weighted by Gasteiger charge is 2.40. The fourth-order valence-corrected chi connectivity index (χ4v) is 2.04. The lowest BCUT2D eigenvalue weighted by atomic mass is 9.88. The summed E-state index contributed by atoms with van der Waals surface area (Å²) < 4.78 is 0. The molecule has 0 aromatic carbocycles. The van der Waals surface area contributed by atoms with Gasteiger partial charge in [0.05, 0.1) is 6.07 Å². The van der Waals surface area contributed by atoms with E-state index in [4.69, 9.17) is 5.26 Å². The van der Waals surface area contributed by atoms with Crippen LogP contribution in [0.5, 0.6) is 0 Å². The van der Waals surface area contributed by atoms with Gasteiger partial charge in [-0.15, -0.1) is 0 Å². The predicted octanol–water partition coefficient (Wildman–Crippen LogP) is 2.23. The number of aliphatic hydroxyl groups is 1. The molecule has 0 aromatic rings. The number of hydrogen-bond donors (Lipinski definition) is 1. The molecule has 1 saturated carbocycles. The van der Waals surface area contributed by atoms with E-state index in [1.54, 1.807) is 0 Å². The highest BCUT2D eigenvalue weighted by molar-refractivity contribution is 5.07. The van der Waals surface area contributed by atoms with Gasteiger partial charge in [0.1, 0.15) is 0 Å². The molecule has 0 saturated heterocycles. The molecule has 0 aromatic heterocycles. The smallest absolute Gasteiger partial charge is 0.153 e. The Labute approximate surface area is 74.2 Å². The van der Waals surface area contributed by atoms with E-state index in [-0.39, 0.29) is 5.92 Å². The van der Waals surface area contributed by atoms with Crippen LogP contribution in [0.2, 0.25) is 0 Å². The Morgan fingerprint density at radius 3 is 3.00 bits per heavy atom. The molecular formula is C10H17NO. The molecule has 2 heteroatoms. The molecule has 1 aliphatic carbocycles. The van der Waals surface area contributed by atoms with E-state index in [0.717, 1.165) is 32.1 Å². The average Bonchev–Trinajstić information content (AvgIpc) is 2.45. The van der Waals surface area contributed by atoms with Gasteiger partial charge in [0.2, 0.25) is 0 Å². The first kappa shape index (κ1) is 9.54. The molecule has 2 atom stereocenters. The molecule has 1 N–H and O–H groups in total. The second kappa shape index (κ2) is 3.91. The standard InChI is InChI=1S/C10H17NO/c1-2-3-5-9-6-4-7-10(9,12)8-11/h9,12H,2-7H2,1H3/t9-,10+/m0/s1. The maximum Gasteiger partial charge on any atom is 0.153 e. The fourth-order valence-electron chi connectivity index (χ4n) is 2.04. The van der Waals surface area contributed by atoms with E-state index in [9.17, 15) is 5.11 Å². The fraction of sp³-hybridized carbons (Fsp3) is 0.900. The van der Waals surface area contributed by atoms with Crippen molar-refractivity contribution in [2.24, 2.45) is 5.92 Å². The van der Waals surface area contributed by atoms with Crippen molar-refractivity contribution in [3.8, 4) is 6.07 Å². The molecule has 0 radical (unpaired) electrons. The van der Waals surface area contributed by atoms with Gasteiger partial charge in [-0.25, -0.2) is 0 Å². The zero-order chi connectivity index (χ0) is 9.03. The minimum Gasteiger partial charge on any atom is -0.375 e. The van der Waals surface area contributed by atoms with Crippen molar-refractivity contribution < 1.29 is 5.11 Å². The minimum absolute atomic E-state index is 0.238. The van der Waals surface area contributed by atoms with Crippen molar-refractivity contribution in [3.63, 3.8) is 0 Å². The Balaban J connectivity index is 2.47. The van der Waals surface area contributed by atoms with Gasteiger partial charge < -0.3 is 5.11 Å². The molecule has 0 amide bonds. The number of nitrogens with zero attached hydrogens (tertiary/aromatic N) is 1. The summed E-state index contributed by atoms with van der Waals surface area (Å²) in [6.07, 6.45) is 6.02. The third-order valence-electron chi connectivity index (χ3n) is 2.89. The maximum absolute atomic E-state index is 9.83. The third kappa shape index (κ3) is 1.78. The normalized spacial score (nSPS) is 34.9. The summed E-state index contributed by atoms with van der Waals surface area (Å²) in [5.74, 6) is 0.238. The van der Waals surface area contributed by atoms with Crippen LogP contribution in [0.3, 0.4) is 0 Å². The van der Waals surface area contributed by atoms with Crippen LogP contribution in [0.1, 0.15) is 45.4 Å². The van der Waals surface area contributed by atoms with Crippen LogP contribution in [0.25, 0.3) is 0 Å². The Kier molecular flexibility index (Phi) is 3.11. The van der Waals surface area contributed by atoms with Crippen LogP contribution in [0.4, 0.5) is 0 Å². The van der Waals surface area contributed by atoms with Crippen molar-refractivity contribution in [2.45, 2.75) is 51.0 Å². The van der Waals surface area contributed by atoms with E-state index < -0.39 is 5.60 Å². The van der Waals surface area contributed by atoms with E-state index in [2.05, 4.69) is 13.0 Å². The third-order valence-corrected chi connectivity index (χ3v) is 2.89. The lowest BCUT2D eigenvalue weighted by Gasteiger charge is -2.21. The highest BCUT2D eigenvalue weighted by atomic mass is 16.3. The zero-order valence-corrected chi connectivity index (χ0v) is 7.71. The van der Waals surface area contributed by atoms with Gasteiger partial charge in [0.15, 0.2) is 5.60 Å². The Hall–Kier alpha value is -0.550. The second-order valence-corrected chi connectivity index (χ2v) is 3.77. The first-order valence-electron chi connectivity index (χ1n) is 4.86. The summed E-state index contributed by atoms with van der Waals surface area (Å²) in [5, 5.41) is 18.6. The zero-order valence-electron chi connectivity index (χ0n) is 7.71. The van der Waals surface area contributed by atoms with Crippen molar-refractivity contribution in [3.05, 3.63) is 0 Å². The van der Waals surface area contributed by atoms with Crippen molar-refractivity contribution in [2.75, 3.05) is 0 Å². The van der Waals surface area contributed by atoms with Gasteiger partial charge in [-0.3, -0.25) is 0 Å². The molecule has 1 aliphatic rings. The lowest BCUT2D eigenvalue weighted by molar-refractivity contribution is 0.0541. The van der Waals surface area contributed by atoms with Crippen molar-refractivity contribution >= 4 is 0 Å². The quantitative estimate of drug-likeness (QED) is 0.655. The van der Waals surface area contributed by atoms with Crippen LogP contribution >= 0.6 is 0 Å². The largest absolute Gasteiger partial charge is 0.375 e. The molecule has 12 heavy (non-hydrogen) atoms. The van der Waals surface area contributed by atoms with E-state index in [1.807, 2.05) is 0 Å². The highest BCUT2D eigenvalue weighted by Crippen LogP contribution is 2.38. The number of rotatable bonds is 3. The second-order valence-electron chi connectivity index (χ2n) is 3.77. The molecule has 2 nitrogen and oxygen atoms in total. The van der Waals surface area contributed by atoms with Crippen LogP contribution in [-0.4, -0.2) is 10.7 Å². The molecule has 0 bridgehead atoms. The lowest BCUT2D eigenvalue weighted by Crippen LogP contribution is -2.30. The minimum atomic E-state index is -0.991. The molecule has 1 fully saturated rings. The SMILES string of the molecule is CCCC[C@H]1CCC[C@@]1(O)C#N. The number of unbranched alkanes of at least 4 members (excludes halogenated alkanes) is 1. The van der Waals surface area contributed by atoms with Crippen molar-refractivity contribution in [1.29, 1.82) is 5.26 Å². The number of nitriles is 1. The molecular weight excluding hydrogens is 150 g/mol. The van der Waals surface area contributed by atoms with Crippen LogP contribution in [-0.2, 0) is 0 Å². The van der Waals surface area contributed by atoms with Crippen LogP contribution in [0, 0.1) is 17.2 Å². The molecule has 1 rings (SSSR count). The molecule has 0 aliphatic heterocycles. The molecule has 0 heterocycles. The van der Waals surface area contributed by atoms with Gasteiger partial charge >= 0.3 is 0 Å². The summed E-state index contributed by atoms with van der Waals surface area (Å²) in [7, 11) is 0. The predicted molar refractivity (Wildman–Crippen MR) is 47.4 cm³/mol. The summed E-state index contributed by atoms with van der Waals surface area (Å²) in [4.78, 5) is 0. The Morgan fingerprint density at radius 2 is 2.42 bits per heavy atom. The van der Waals surface area contributed by atoms with E-state index in [1.165, 1.54) is 0 Å². The Bertz CT molecular complexity index is 185. The van der Waals surface area contributed by atoms with Gasteiger partial charge in [0, 0.05) is 5.92 Å². The summed E-state index contributed by atoms with van der Waals surface area (Å²) in [5.41, 5.74) is -0.991. The van der Waals surface area contributed by atoms with Crippen LogP contribution < -0.4 is 0 Å². The maximum atomic E-state index is 9.83. The summed E-state index contributed by atoms with van der Waals surface area (Å²) >= 11 is 0. The molecule has 0 unspecified atom stereocenters. The monoisotopic (exact) mass is 167 g/mol. The number of hydrogen-bond acceptors (Lipinski definition) is 2. The van der Waals surface area contributed by atoms with Gasteiger partial charge in [-0.2, -0.15) is 5.26 Å². The topological polar surface area (TPSA) is 44.0 Å². The van der Waals surface area contributed by atoms with Gasteiger partial charge in [-0.05, 0) is 25.7 Å². The summed E-state index contributed by atoms with van der Waals surface area (Å²) in [6.45, 7) is 2.14. The summed E-state index contributed by atoms with van der Waals surface area (Å²) in [6, 6.07) is 2.05. The van der Waals surface area contributed by atoms with Crippen LogP contribution in [0.15, 0.2) is 0 Å². The van der Waals surface area contributed by atoms with E-state index >= 15 is 0 Å².